The van der Waals surface area contributed by atoms with Gasteiger partial charge < -0.3 is 14.2 Å². The SMILES string of the molecule is CCCCCCSCC(=O)OCCn1c(=O)n(CCOC(=O)CSCCCCCC)c(=O)n(CCOC(=O)CSCCCCCC)c1=O. The van der Waals surface area contributed by atoms with Crippen molar-refractivity contribution in [3.63, 3.8) is 0 Å². The summed E-state index contributed by atoms with van der Waals surface area (Å²) < 4.78 is 18.2. The maximum Gasteiger partial charge on any atom is 0.336 e. The average molecular weight is 736 g/mol. The van der Waals surface area contributed by atoms with Crippen LogP contribution in [0.1, 0.15) is 97.8 Å². The van der Waals surface area contributed by atoms with Crippen molar-refractivity contribution in [2.75, 3.05) is 54.3 Å². The molecule has 276 valence electrons. The highest BCUT2D eigenvalue weighted by Gasteiger charge is 2.17. The third-order valence-corrected chi connectivity index (χ3v) is 10.3. The molecule has 0 aliphatic carbocycles. The van der Waals surface area contributed by atoms with Crippen molar-refractivity contribution >= 4 is 53.2 Å². The number of carbonyl (C=O) groups excluding carboxylic acids is 3. The van der Waals surface area contributed by atoms with Crippen molar-refractivity contribution in [3.05, 3.63) is 31.5 Å². The number of ether oxygens (including phenoxy) is 3. The van der Waals surface area contributed by atoms with Gasteiger partial charge in [-0.05, 0) is 36.5 Å². The summed E-state index contributed by atoms with van der Waals surface area (Å²) in [5, 5.41) is 0. The van der Waals surface area contributed by atoms with Gasteiger partial charge in [0.05, 0.1) is 36.9 Å². The normalized spacial score (nSPS) is 11.1. The fraction of sp³-hybridized carbons (Fsp3) is 0.818. The summed E-state index contributed by atoms with van der Waals surface area (Å²) in [7, 11) is 0. The standard InChI is InChI=1S/C33H57N3O9S3/c1-4-7-10-13-22-46-25-28(37)43-19-16-34-31(40)35(17-20-44-29(38)26-47-23-14-11-8-5-2)33(42)36(32(34)41)18-21-45-30(39)27-48-24-15-12-9-6-3/h4-27H2,1-3H3. The predicted octanol–water partition coefficient (Wildman–Crippen LogP) is 4.74. The molecule has 0 N–H and O–H groups in total. The number of unbranched alkanes of at least 4 members (excludes halogenated alkanes) is 9. The van der Waals surface area contributed by atoms with Gasteiger partial charge in [-0.25, -0.2) is 28.1 Å². The highest BCUT2D eigenvalue weighted by atomic mass is 32.2. The van der Waals surface area contributed by atoms with Crippen molar-refractivity contribution in [1.82, 2.24) is 13.7 Å². The van der Waals surface area contributed by atoms with E-state index < -0.39 is 35.0 Å². The van der Waals surface area contributed by atoms with Gasteiger partial charge in [-0.15, -0.1) is 0 Å². The topological polar surface area (TPSA) is 145 Å². The van der Waals surface area contributed by atoms with Crippen molar-refractivity contribution in [2.45, 2.75) is 117 Å². The minimum Gasteiger partial charge on any atom is -0.463 e. The smallest absolute Gasteiger partial charge is 0.336 e. The maximum absolute atomic E-state index is 13.2. The third kappa shape index (κ3) is 19.8. The van der Waals surface area contributed by atoms with E-state index in [1.165, 1.54) is 35.3 Å². The van der Waals surface area contributed by atoms with E-state index in [1.807, 2.05) is 0 Å². The second-order valence-corrected chi connectivity index (χ2v) is 14.6. The van der Waals surface area contributed by atoms with E-state index in [1.54, 1.807) is 0 Å². The van der Waals surface area contributed by atoms with Crippen LogP contribution < -0.4 is 17.1 Å². The Labute approximate surface area is 297 Å². The van der Waals surface area contributed by atoms with E-state index >= 15 is 0 Å². The lowest BCUT2D eigenvalue weighted by molar-refractivity contribution is -0.141. The molecule has 0 fully saturated rings. The number of aromatic nitrogens is 3. The van der Waals surface area contributed by atoms with E-state index in [9.17, 15) is 28.8 Å². The largest absolute Gasteiger partial charge is 0.463 e. The van der Waals surface area contributed by atoms with Crippen LogP contribution in [0.2, 0.25) is 0 Å². The van der Waals surface area contributed by atoms with Gasteiger partial charge in [0, 0.05) is 0 Å². The summed E-state index contributed by atoms with van der Waals surface area (Å²) in [5.74, 6) is 1.64. The molecule has 1 aromatic rings. The van der Waals surface area contributed by atoms with Crippen LogP contribution in [-0.4, -0.2) is 85.9 Å². The Bertz CT molecular complexity index is 1060. The summed E-state index contributed by atoms with van der Waals surface area (Å²) in [6, 6.07) is 0. The summed E-state index contributed by atoms with van der Waals surface area (Å²) in [6.07, 6.45) is 13.2. The van der Waals surface area contributed by atoms with E-state index in [0.29, 0.717) is 0 Å². The summed E-state index contributed by atoms with van der Waals surface area (Å²) >= 11 is 4.41. The predicted molar refractivity (Wildman–Crippen MR) is 196 cm³/mol. The van der Waals surface area contributed by atoms with E-state index in [0.717, 1.165) is 108 Å². The third-order valence-electron chi connectivity index (χ3n) is 7.21. The zero-order valence-corrected chi connectivity index (χ0v) is 31.7. The fourth-order valence-corrected chi connectivity index (χ4v) is 6.90. The van der Waals surface area contributed by atoms with Crippen molar-refractivity contribution < 1.29 is 28.6 Å². The van der Waals surface area contributed by atoms with Crippen LogP contribution in [-0.2, 0) is 48.2 Å². The maximum atomic E-state index is 13.2. The number of rotatable bonds is 30. The molecule has 48 heavy (non-hydrogen) atoms. The van der Waals surface area contributed by atoms with Crippen LogP contribution in [0.4, 0.5) is 0 Å². The molecule has 12 nitrogen and oxygen atoms in total. The number of esters is 3. The van der Waals surface area contributed by atoms with Crippen LogP contribution >= 0.6 is 35.3 Å². The zero-order chi connectivity index (χ0) is 35.4. The molecule has 15 heteroatoms. The van der Waals surface area contributed by atoms with Crippen molar-refractivity contribution in [1.29, 1.82) is 0 Å². The second kappa shape index (κ2) is 28.7. The lowest BCUT2D eigenvalue weighted by Gasteiger charge is -2.14. The first-order chi connectivity index (χ1) is 23.3. The first-order valence-corrected chi connectivity index (χ1v) is 20.9. The minimum atomic E-state index is -0.902. The molecule has 0 aromatic carbocycles. The molecule has 0 radical (unpaired) electrons. The Hall–Kier alpha value is -2.13. The van der Waals surface area contributed by atoms with Crippen LogP contribution in [0.25, 0.3) is 0 Å². The lowest BCUT2D eigenvalue weighted by Crippen LogP contribution is -2.55. The quantitative estimate of drug-likeness (QED) is 0.0611. The van der Waals surface area contributed by atoms with Crippen LogP contribution in [0.15, 0.2) is 14.4 Å². The molecule has 0 aliphatic rings. The number of carbonyl (C=O) groups is 3. The Morgan fingerprint density at radius 2 is 0.729 bits per heavy atom. The zero-order valence-electron chi connectivity index (χ0n) is 29.2. The number of nitrogens with zero attached hydrogens (tertiary/aromatic N) is 3. The number of thioether (sulfide) groups is 3. The molecular formula is C33H57N3O9S3. The van der Waals surface area contributed by atoms with E-state index in [2.05, 4.69) is 20.8 Å². The van der Waals surface area contributed by atoms with Gasteiger partial charge in [0.15, 0.2) is 0 Å². The van der Waals surface area contributed by atoms with E-state index in [-0.39, 0.29) is 56.7 Å². The van der Waals surface area contributed by atoms with Gasteiger partial charge in [-0.1, -0.05) is 78.6 Å². The molecule has 0 amide bonds. The first kappa shape index (κ1) is 43.9. The average Bonchev–Trinajstić information content (AvgIpc) is 3.07. The van der Waals surface area contributed by atoms with Gasteiger partial charge in [0.2, 0.25) is 0 Å². The van der Waals surface area contributed by atoms with Gasteiger partial charge in [0.25, 0.3) is 0 Å². The lowest BCUT2D eigenvalue weighted by atomic mass is 10.2. The molecule has 1 heterocycles. The molecule has 0 spiro atoms. The Morgan fingerprint density at radius 1 is 0.458 bits per heavy atom. The molecule has 0 saturated carbocycles. The molecule has 0 unspecified atom stereocenters. The second-order valence-electron chi connectivity index (χ2n) is 11.3. The molecule has 0 bridgehead atoms. The van der Waals surface area contributed by atoms with Gasteiger partial charge >= 0.3 is 35.0 Å². The van der Waals surface area contributed by atoms with Crippen LogP contribution in [0.3, 0.4) is 0 Å². The van der Waals surface area contributed by atoms with Gasteiger partial charge in [-0.2, -0.15) is 35.3 Å². The van der Waals surface area contributed by atoms with Gasteiger partial charge in [0.1, 0.15) is 19.8 Å². The fourth-order valence-electron chi connectivity index (χ4n) is 4.49. The summed E-state index contributed by atoms with van der Waals surface area (Å²) in [6.45, 7) is 4.87. The Morgan fingerprint density at radius 3 is 0.979 bits per heavy atom. The highest BCUT2D eigenvalue weighted by Crippen LogP contribution is 2.10. The molecule has 1 aromatic heterocycles. The van der Waals surface area contributed by atoms with Crippen molar-refractivity contribution in [2.24, 2.45) is 0 Å². The van der Waals surface area contributed by atoms with Crippen LogP contribution in [0, 0.1) is 0 Å². The molecule has 0 aliphatic heterocycles. The van der Waals surface area contributed by atoms with Crippen molar-refractivity contribution in [3.8, 4) is 0 Å². The summed E-state index contributed by atoms with van der Waals surface area (Å²) in [4.78, 5) is 76.3. The Balaban J connectivity index is 2.85. The van der Waals surface area contributed by atoms with Crippen LogP contribution in [0.5, 0.6) is 0 Å². The summed E-state index contributed by atoms with van der Waals surface area (Å²) in [5.41, 5.74) is -2.71. The van der Waals surface area contributed by atoms with Gasteiger partial charge in [-0.3, -0.25) is 14.4 Å². The number of hydrogen-bond acceptors (Lipinski definition) is 12. The number of hydrogen-bond donors (Lipinski definition) is 0. The monoisotopic (exact) mass is 735 g/mol. The molecule has 1 rings (SSSR count). The molecular weight excluding hydrogens is 679 g/mol. The van der Waals surface area contributed by atoms with E-state index in [4.69, 9.17) is 14.2 Å². The molecule has 0 atom stereocenters. The minimum absolute atomic E-state index is 0.162. The Kier molecular flexibility index (Phi) is 26.2. The first-order valence-electron chi connectivity index (χ1n) is 17.4. The molecule has 0 saturated heterocycles. The highest BCUT2D eigenvalue weighted by molar-refractivity contribution is 8.00.